The highest BCUT2D eigenvalue weighted by Gasteiger charge is 2.18. The van der Waals surface area contributed by atoms with Gasteiger partial charge in [0.2, 0.25) is 5.91 Å². The van der Waals surface area contributed by atoms with Gasteiger partial charge in [0, 0.05) is 24.3 Å². The largest absolute Gasteiger partial charge is 0.376 e. The van der Waals surface area contributed by atoms with Gasteiger partial charge < -0.3 is 15.5 Å². The Morgan fingerprint density at radius 1 is 0.929 bits per heavy atom. The van der Waals surface area contributed by atoms with Crippen molar-refractivity contribution in [2.75, 3.05) is 30.3 Å². The molecule has 1 aliphatic rings. The third kappa shape index (κ3) is 5.31. The normalized spacial score (nSPS) is 13.9. The zero-order valence-electron chi connectivity index (χ0n) is 15.1. The molecule has 0 radical (unpaired) electrons. The van der Waals surface area contributed by atoms with Gasteiger partial charge in [0.25, 0.3) is 5.91 Å². The molecule has 0 aliphatic carbocycles. The van der Waals surface area contributed by atoms with E-state index in [-0.39, 0.29) is 18.4 Å². The molecule has 0 bridgehead atoms. The predicted octanol–water partition coefficient (Wildman–Crippen LogP) is 5.32. The van der Waals surface area contributed by atoms with Crippen LogP contribution in [0.1, 0.15) is 29.6 Å². The summed E-state index contributed by atoms with van der Waals surface area (Å²) in [4.78, 5) is 26.7. The number of nitrogens with zero attached hydrogens (tertiary/aromatic N) is 1. The number of carbonyl (C=O) groups is 2. The number of halogens is 3. The van der Waals surface area contributed by atoms with Crippen LogP contribution in [0.25, 0.3) is 0 Å². The average molecular weight is 441 g/mol. The molecule has 0 saturated carbocycles. The van der Waals surface area contributed by atoms with Crippen molar-refractivity contribution in [1.29, 1.82) is 0 Å². The Labute approximate surface area is 178 Å². The fraction of sp³-hybridized carbons (Fsp3) is 0.300. The molecule has 28 heavy (non-hydrogen) atoms. The molecule has 0 unspecified atom stereocenters. The minimum atomic E-state index is -0.298. The van der Waals surface area contributed by atoms with Crippen molar-refractivity contribution in [3.05, 3.63) is 57.0 Å². The Morgan fingerprint density at radius 3 is 2.39 bits per heavy atom. The topological polar surface area (TPSA) is 61.4 Å². The maximum Gasteiger partial charge on any atom is 0.253 e. The first-order valence-corrected chi connectivity index (χ1v) is 10.1. The number of hydrogen-bond donors (Lipinski definition) is 2. The van der Waals surface area contributed by atoms with Crippen LogP contribution in [0, 0.1) is 0 Å². The summed E-state index contributed by atoms with van der Waals surface area (Å²) in [5, 5.41) is 6.63. The van der Waals surface area contributed by atoms with Crippen molar-refractivity contribution in [1.82, 2.24) is 4.90 Å². The van der Waals surface area contributed by atoms with E-state index in [4.69, 9.17) is 34.8 Å². The third-order valence-corrected chi connectivity index (χ3v) is 5.52. The van der Waals surface area contributed by atoms with Crippen LogP contribution in [0.2, 0.25) is 15.1 Å². The number of carbonyl (C=O) groups excluding carboxylic acids is 2. The van der Waals surface area contributed by atoms with Crippen LogP contribution in [-0.2, 0) is 4.79 Å². The molecule has 2 aromatic carbocycles. The van der Waals surface area contributed by atoms with E-state index in [0.29, 0.717) is 32.0 Å². The Bertz CT molecular complexity index is 883. The van der Waals surface area contributed by atoms with Crippen molar-refractivity contribution in [2.45, 2.75) is 19.3 Å². The number of hydrogen-bond acceptors (Lipinski definition) is 3. The zero-order chi connectivity index (χ0) is 20.1. The van der Waals surface area contributed by atoms with Crippen molar-refractivity contribution >= 4 is 58.0 Å². The van der Waals surface area contributed by atoms with Crippen molar-refractivity contribution in [3.8, 4) is 0 Å². The highest BCUT2D eigenvalue weighted by molar-refractivity contribution is 6.44. The third-order valence-electron chi connectivity index (χ3n) is 4.49. The molecule has 2 amide bonds. The first-order chi connectivity index (χ1) is 13.4. The Hall–Kier alpha value is -1.95. The second kappa shape index (κ2) is 9.50. The summed E-state index contributed by atoms with van der Waals surface area (Å²) in [6, 6.07) is 10.1. The van der Waals surface area contributed by atoms with Gasteiger partial charge in [-0.15, -0.1) is 0 Å². The molecule has 2 N–H and O–H groups in total. The minimum absolute atomic E-state index is 0.0118. The summed E-state index contributed by atoms with van der Waals surface area (Å²) in [7, 11) is 0. The molecule has 2 aromatic rings. The molecule has 3 rings (SSSR count). The number of likely N-dealkylation sites (tertiary alicyclic amines) is 1. The van der Waals surface area contributed by atoms with Gasteiger partial charge in [-0.05, 0) is 49.6 Å². The monoisotopic (exact) mass is 439 g/mol. The maximum absolute atomic E-state index is 12.6. The van der Waals surface area contributed by atoms with Crippen LogP contribution in [-0.4, -0.2) is 36.3 Å². The van der Waals surface area contributed by atoms with E-state index in [0.717, 1.165) is 25.9 Å². The van der Waals surface area contributed by atoms with Crippen molar-refractivity contribution in [3.63, 3.8) is 0 Å². The number of benzene rings is 2. The minimum Gasteiger partial charge on any atom is -0.376 e. The highest BCUT2D eigenvalue weighted by atomic mass is 35.5. The van der Waals surface area contributed by atoms with Gasteiger partial charge in [0.15, 0.2) is 0 Å². The van der Waals surface area contributed by atoms with E-state index < -0.39 is 0 Å². The lowest BCUT2D eigenvalue weighted by molar-refractivity contribution is -0.114. The fourth-order valence-corrected chi connectivity index (χ4v) is 3.63. The second-order valence-electron chi connectivity index (χ2n) is 6.58. The summed E-state index contributed by atoms with van der Waals surface area (Å²) in [5.41, 5.74) is 1.69. The molecular weight excluding hydrogens is 421 g/mol. The first kappa shape index (κ1) is 20.8. The highest BCUT2D eigenvalue weighted by Crippen LogP contribution is 2.32. The standard InChI is InChI=1S/C20H20Cl3N3O2/c21-15-10-17(23)18(11-16(15)22)25-19(27)12-24-14-6-4-5-13(9-14)20(28)26-7-2-1-3-8-26/h4-6,9-11,24H,1-3,7-8,12H2,(H,25,27). The molecule has 1 aliphatic heterocycles. The summed E-state index contributed by atoms with van der Waals surface area (Å²) in [5.74, 6) is -0.275. The van der Waals surface area contributed by atoms with E-state index in [2.05, 4.69) is 10.6 Å². The van der Waals surface area contributed by atoms with E-state index in [9.17, 15) is 9.59 Å². The van der Waals surface area contributed by atoms with Crippen molar-refractivity contribution in [2.24, 2.45) is 0 Å². The molecule has 0 aromatic heterocycles. The summed E-state index contributed by atoms with van der Waals surface area (Å²) >= 11 is 17.9. The van der Waals surface area contributed by atoms with Crippen LogP contribution >= 0.6 is 34.8 Å². The predicted molar refractivity (Wildman–Crippen MR) is 115 cm³/mol. The Morgan fingerprint density at radius 2 is 1.64 bits per heavy atom. The quantitative estimate of drug-likeness (QED) is 0.618. The molecule has 1 heterocycles. The number of amides is 2. The molecule has 5 nitrogen and oxygen atoms in total. The van der Waals surface area contributed by atoms with E-state index in [1.165, 1.54) is 18.6 Å². The lowest BCUT2D eigenvalue weighted by Crippen LogP contribution is -2.35. The van der Waals surface area contributed by atoms with Gasteiger partial charge in [-0.1, -0.05) is 40.9 Å². The SMILES string of the molecule is O=C(CNc1cccc(C(=O)N2CCCCC2)c1)Nc1cc(Cl)c(Cl)cc1Cl. The summed E-state index contributed by atoms with van der Waals surface area (Å²) < 4.78 is 0. The number of nitrogens with one attached hydrogen (secondary N) is 2. The van der Waals surface area contributed by atoms with Crippen LogP contribution in [0.5, 0.6) is 0 Å². The first-order valence-electron chi connectivity index (χ1n) is 9.01. The van der Waals surface area contributed by atoms with Crippen LogP contribution in [0.4, 0.5) is 11.4 Å². The average Bonchev–Trinajstić information content (AvgIpc) is 2.71. The summed E-state index contributed by atoms with van der Waals surface area (Å²) in [6.45, 7) is 1.60. The Balaban J connectivity index is 1.59. The molecule has 0 atom stereocenters. The number of anilines is 2. The van der Waals surface area contributed by atoms with Gasteiger partial charge in [-0.25, -0.2) is 0 Å². The zero-order valence-corrected chi connectivity index (χ0v) is 17.4. The van der Waals surface area contributed by atoms with Crippen LogP contribution < -0.4 is 10.6 Å². The van der Waals surface area contributed by atoms with Crippen molar-refractivity contribution < 1.29 is 9.59 Å². The lowest BCUT2D eigenvalue weighted by Gasteiger charge is -2.26. The van der Waals surface area contributed by atoms with Gasteiger partial charge in [0.1, 0.15) is 0 Å². The molecule has 1 fully saturated rings. The molecule has 148 valence electrons. The van der Waals surface area contributed by atoms with Gasteiger partial charge >= 0.3 is 0 Å². The molecular formula is C20H20Cl3N3O2. The Kier molecular flexibility index (Phi) is 7.05. The van der Waals surface area contributed by atoms with E-state index in [1.807, 2.05) is 11.0 Å². The van der Waals surface area contributed by atoms with Gasteiger partial charge in [0.05, 0.1) is 27.3 Å². The fourth-order valence-electron chi connectivity index (χ4n) is 3.04. The van der Waals surface area contributed by atoms with Crippen LogP contribution in [0.15, 0.2) is 36.4 Å². The number of piperidine rings is 1. The van der Waals surface area contributed by atoms with Gasteiger partial charge in [-0.2, -0.15) is 0 Å². The second-order valence-corrected chi connectivity index (χ2v) is 7.80. The molecule has 1 saturated heterocycles. The molecule has 8 heteroatoms. The summed E-state index contributed by atoms with van der Waals surface area (Å²) in [6.07, 6.45) is 3.26. The van der Waals surface area contributed by atoms with Gasteiger partial charge in [-0.3, -0.25) is 9.59 Å². The smallest absolute Gasteiger partial charge is 0.253 e. The van der Waals surface area contributed by atoms with E-state index in [1.54, 1.807) is 18.2 Å². The lowest BCUT2D eigenvalue weighted by atomic mass is 10.1. The van der Waals surface area contributed by atoms with E-state index >= 15 is 0 Å². The van der Waals surface area contributed by atoms with Crippen LogP contribution in [0.3, 0.4) is 0 Å². The number of rotatable bonds is 5. The molecule has 0 spiro atoms. The maximum atomic E-state index is 12.6.